The average Bonchev–Trinajstić information content (AvgIpc) is 2.98. The van der Waals surface area contributed by atoms with Crippen molar-refractivity contribution in [1.82, 2.24) is 0 Å². The molecule has 0 radical (unpaired) electrons. The van der Waals surface area contributed by atoms with Gasteiger partial charge in [0.15, 0.2) is 5.78 Å². The molecule has 0 amide bonds. The van der Waals surface area contributed by atoms with E-state index < -0.39 is 81.2 Å². The van der Waals surface area contributed by atoms with E-state index in [0.717, 1.165) is 0 Å². The van der Waals surface area contributed by atoms with Gasteiger partial charge >= 0.3 is 17.9 Å². The third-order valence-corrected chi connectivity index (χ3v) is 10.8. The third kappa shape index (κ3) is 2.44. The molecule has 1 saturated heterocycles. The third-order valence-electron chi connectivity index (χ3n) is 10.8. The van der Waals surface area contributed by atoms with Gasteiger partial charge in [-0.3, -0.25) is 19.3 Å². The fourth-order valence-electron chi connectivity index (χ4n) is 9.14. The van der Waals surface area contributed by atoms with Crippen LogP contribution in [-0.2, 0) is 38.4 Å². The number of ether oxygens (including phenoxy) is 2. The van der Waals surface area contributed by atoms with Gasteiger partial charge in [0.2, 0.25) is 0 Å². The van der Waals surface area contributed by atoms with E-state index in [-0.39, 0.29) is 12.2 Å². The number of carbonyl (C=O) groups excluding carboxylic acids is 4. The van der Waals surface area contributed by atoms with Crippen LogP contribution < -0.4 is 0 Å². The van der Waals surface area contributed by atoms with Crippen molar-refractivity contribution in [3.8, 4) is 0 Å². The lowest BCUT2D eigenvalue weighted by Crippen LogP contribution is -2.82. The van der Waals surface area contributed by atoms with Gasteiger partial charge in [-0.15, -0.1) is 0 Å². The largest absolute Gasteiger partial charge is 0.459 e. The molecule has 0 aromatic heterocycles. The Morgan fingerprint density at radius 2 is 1.69 bits per heavy atom. The number of ketones is 1. The van der Waals surface area contributed by atoms with Crippen molar-refractivity contribution in [1.29, 1.82) is 0 Å². The maximum absolute atomic E-state index is 13.5. The molecule has 5 aliphatic rings. The summed E-state index contributed by atoms with van der Waals surface area (Å²) in [6, 6.07) is 0. The highest BCUT2D eigenvalue weighted by Crippen LogP contribution is 2.82. The summed E-state index contributed by atoms with van der Waals surface area (Å²) >= 11 is 0. The van der Waals surface area contributed by atoms with Crippen molar-refractivity contribution in [3.63, 3.8) is 0 Å². The molecular weight excluding hydrogens is 468 g/mol. The van der Waals surface area contributed by atoms with Gasteiger partial charge in [0.25, 0.3) is 0 Å². The Morgan fingerprint density at radius 3 is 2.28 bits per heavy atom. The van der Waals surface area contributed by atoms with Crippen LogP contribution in [0.15, 0.2) is 24.3 Å². The van der Waals surface area contributed by atoms with E-state index >= 15 is 0 Å². The topological polar surface area (TPSA) is 125 Å². The van der Waals surface area contributed by atoms with Gasteiger partial charge < -0.3 is 14.6 Å². The van der Waals surface area contributed by atoms with Crippen LogP contribution in [0.5, 0.6) is 0 Å². The number of fused-ring (bicyclic) bond motifs is 2. The Labute approximate surface area is 210 Å². The molecule has 0 aromatic rings. The maximum Gasteiger partial charge on any atom is 0.347 e. The first-order chi connectivity index (χ1) is 16.5. The zero-order chi connectivity index (χ0) is 26.8. The lowest BCUT2D eigenvalue weighted by atomic mass is 9.31. The lowest BCUT2D eigenvalue weighted by molar-refractivity contribution is -0.429. The number of hydrogen-bond donors (Lipinski definition) is 1. The molecule has 36 heavy (non-hydrogen) atoms. The van der Waals surface area contributed by atoms with Crippen molar-refractivity contribution in [2.75, 3.05) is 0 Å². The molecule has 10 atom stereocenters. The fourth-order valence-corrected chi connectivity index (χ4v) is 9.14. The molecular formula is C27H34O9. The first-order valence-electron chi connectivity index (χ1n) is 12.3. The quantitative estimate of drug-likeness (QED) is 0.344. The van der Waals surface area contributed by atoms with E-state index in [1.165, 1.54) is 19.9 Å². The highest BCUT2D eigenvalue weighted by Gasteiger charge is 2.88. The predicted octanol–water partition coefficient (Wildman–Crippen LogP) is 2.46. The Balaban J connectivity index is 1.89. The zero-order valence-electron chi connectivity index (χ0n) is 21.7. The zero-order valence-corrected chi connectivity index (χ0v) is 21.7. The van der Waals surface area contributed by atoms with Gasteiger partial charge in [-0.05, 0) is 12.5 Å². The maximum atomic E-state index is 13.5. The van der Waals surface area contributed by atoms with Gasteiger partial charge in [0.05, 0.1) is 12.0 Å². The van der Waals surface area contributed by atoms with Crippen molar-refractivity contribution in [3.05, 3.63) is 24.3 Å². The van der Waals surface area contributed by atoms with Crippen LogP contribution in [0.4, 0.5) is 0 Å². The van der Waals surface area contributed by atoms with E-state index in [2.05, 4.69) is 6.58 Å². The summed E-state index contributed by atoms with van der Waals surface area (Å²) in [6.45, 7) is 15.9. The van der Waals surface area contributed by atoms with Gasteiger partial charge in [-0.25, -0.2) is 4.79 Å². The summed E-state index contributed by atoms with van der Waals surface area (Å²) in [4.78, 5) is 62.4. The molecule has 1 aliphatic heterocycles. The molecule has 9 nitrogen and oxygen atoms in total. The molecule has 3 saturated carbocycles. The monoisotopic (exact) mass is 502 g/mol. The number of rotatable bonds is 2. The first kappa shape index (κ1) is 25.1. The molecule has 5 unspecified atom stereocenters. The summed E-state index contributed by atoms with van der Waals surface area (Å²) in [5.41, 5.74) is -4.88. The summed E-state index contributed by atoms with van der Waals surface area (Å²) in [6.07, 6.45) is -0.797. The van der Waals surface area contributed by atoms with Crippen LogP contribution in [0.3, 0.4) is 0 Å². The van der Waals surface area contributed by atoms with E-state index in [0.29, 0.717) is 5.57 Å². The van der Waals surface area contributed by atoms with Crippen molar-refractivity contribution >= 4 is 23.7 Å². The Kier molecular flexibility index (Phi) is 4.94. The predicted molar refractivity (Wildman–Crippen MR) is 123 cm³/mol. The second kappa shape index (κ2) is 7.07. The number of hydrogen-bond acceptors (Lipinski definition) is 9. The van der Waals surface area contributed by atoms with Crippen LogP contribution in [0.1, 0.15) is 54.9 Å². The fraction of sp³-hybridized carbons (Fsp3) is 0.704. The minimum Gasteiger partial charge on any atom is -0.459 e. The normalized spacial score (nSPS) is 50.1. The Hall–Kier alpha value is -2.52. The van der Waals surface area contributed by atoms with Gasteiger partial charge in [-0.1, -0.05) is 52.8 Å². The summed E-state index contributed by atoms with van der Waals surface area (Å²) in [5.74, 6) is -3.53. The molecule has 196 valence electrons. The Morgan fingerprint density at radius 1 is 1.08 bits per heavy atom. The SMILES string of the molecule is C=C1CC23C4OOC(=O)C2C1(C)[C@@H](OC(C)=O)C(O)[C@]3(C)[C@]1(C)C=CC(=O)C(C)(C)[C@H]1[C@H]4OC(C)=O. The van der Waals surface area contributed by atoms with E-state index in [4.69, 9.17) is 19.2 Å². The van der Waals surface area contributed by atoms with Gasteiger partial charge in [0, 0.05) is 46.8 Å². The molecule has 0 aromatic carbocycles. The Bertz CT molecular complexity index is 1140. The van der Waals surface area contributed by atoms with Crippen LogP contribution in [0.2, 0.25) is 0 Å². The molecule has 4 aliphatic carbocycles. The molecule has 5 rings (SSSR count). The number of aliphatic hydroxyl groups excluding tert-OH is 1. The smallest absolute Gasteiger partial charge is 0.347 e. The molecule has 4 fully saturated rings. The van der Waals surface area contributed by atoms with Crippen molar-refractivity contribution in [2.45, 2.75) is 79.3 Å². The minimum absolute atomic E-state index is 0.159. The van der Waals surface area contributed by atoms with Gasteiger partial charge in [-0.2, -0.15) is 4.89 Å². The van der Waals surface area contributed by atoms with Crippen LogP contribution in [0.25, 0.3) is 0 Å². The number of allylic oxidation sites excluding steroid dienone is 2. The van der Waals surface area contributed by atoms with Crippen molar-refractivity contribution < 1.29 is 43.5 Å². The van der Waals surface area contributed by atoms with Crippen LogP contribution in [-0.4, -0.2) is 53.2 Å². The minimum atomic E-state index is -1.27. The lowest BCUT2D eigenvalue weighted by Gasteiger charge is -2.74. The molecule has 1 spiro atoms. The van der Waals surface area contributed by atoms with Crippen molar-refractivity contribution in [2.24, 2.45) is 38.9 Å². The second-order valence-electron chi connectivity index (χ2n) is 12.4. The number of carbonyl (C=O) groups is 4. The van der Waals surface area contributed by atoms with E-state index in [1.807, 2.05) is 13.8 Å². The van der Waals surface area contributed by atoms with E-state index in [1.54, 1.807) is 26.8 Å². The van der Waals surface area contributed by atoms with Crippen LogP contribution in [0, 0.1) is 38.9 Å². The summed E-state index contributed by atoms with van der Waals surface area (Å²) in [7, 11) is 0. The van der Waals surface area contributed by atoms with Crippen LogP contribution >= 0.6 is 0 Å². The highest BCUT2D eigenvalue weighted by molar-refractivity contribution is 5.96. The molecule has 2 bridgehead atoms. The highest BCUT2D eigenvalue weighted by atomic mass is 17.2. The number of aliphatic hydroxyl groups is 1. The number of esters is 2. The average molecular weight is 503 g/mol. The summed E-state index contributed by atoms with van der Waals surface area (Å²) in [5, 5.41) is 12.2. The van der Waals surface area contributed by atoms with E-state index in [9.17, 15) is 24.3 Å². The molecule has 9 heteroatoms. The van der Waals surface area contributed by atoms with Gasteiger partial charge in [0.1, 0.15) is 18.3 Å². The first-order valence-corrected chi connectivity index (χ1v) is 12.3. The summed E-state index contributed by atoms with van der Waals surface area (Å²) < 4.78 is 11.7. The molecule has 1 N–H and O–H groups in total. The standard InChI is InChI=1S/C27H34O9/c1-12-11-27-18-22(32)36-35-20(27)16(33-13(2)28)17-23(4,5)15(30)9-10-24(17,6)26(27,8)19(31)21(25(12,18)7)34-14(3)29/h9-10,16-21,31H,1,11H2,2-8H3/t16-,17-,18?,19?,20?,21+,24-,25?,26-,27?/m1/s1. The second-order valence-corrected chi connectivity index (χ2v) is 12.4. The molecule has 1 heterocycles.